The second kappa shape index (κ2) is 9.57. The van der Waals surface area contributed by atoms with Crippen molar-refractivity contribution in [2.75, 3.05) is 16.6 Å². The number of ether oxygens (including phenoxy) is 1. The van der Waals surface area contributed by atoms with Crippen molar-refractivity contribution in [2.24, 2.45) is 0 Å². The summed E-state index contributed by atoms with van der Waals surface area (Å²) in [6.07, 6.45) is 0. The fourth-order valence-corrected chi connectivity index (χ4v) is 4.10. The molecule has 0 aliphatic heterocycles. The van der Waals surface area contributed by atoms with Gasteiger partial charge in [-0.3, -0.25) is 9.52 Å². The second-order valence-corrected chi connectivity index (χ2v) is 9.01. The van der Waals surface area contributed by atoms with Crippen LogP contribution in [0.2, 0.25) is 15.1 Å². The number of halogens is 3. The number of amides is 1. The van der Waals surface area contributed by atoms with E-state index in [4.69, 9.17) is 39.5 Å². The van der Waals surface area contributed by atoms with Crippen LogP contribution in [0.4, 0.5) is 11.4 Å². The number of hydrogen-bond donors (Lipinski definition) is 2. The van der Waals surface area contributed by atoms with E-state index in [1.807, 2.05) is 0 Å². The highest BCUT2D eigenvalue weighted by atomic mass is 35.5. The number of nitrogens with one attached hydrogen (secondary N) is 2. The Balaban J connectivity index is 1.64. The van der Waals surface area contributed by atoms with Crippen molar-refractivity contribution in [1.29, 1.82) is 0 Å². The molecule has 0 saturated heterocycles. The number of benzene rings is 3. The highest BCUT2D eigenvalue weighted by molar-refractivity contribution is 7.92. The zero-order chi connectivity index (χ0) is 21.7. The summed E-state index contributed by atoms with van der Waals surface area (Å²) in [5.41, 5.74) is 0.880. The summed E-state index contributed by atoms with van der Waals surface area (Å²) >= 11 is 17.8. The van der Waals surface area contributed by atoms with Crippen LogP contribution in [0.1, 0.15) is 0 Å². The molecule has 0 aliphatic rings. The van der Waals surface area contributed by atoms with Crippen molar-refractivity contribution in [2.45, 2.75) is 4.90 Å². The first-order chi connectivity index (χ1) is 14.2. The number of sulfonamides is 1. The largest absolute Gasteiger partial charge is 0.482 e. The Morgan fingerprint density at radius 1 is 0.867 bits per heavy atom. The summed E-state index contributed by atoms with van der Waals surface area (Å²) in [4.78, 5) is 12.0. The average Bonchev–Trinajstić information content (AvgIpc) is 2.68. The molecule has 0 radical (unpaired) electrons. The highest BCUT2D eigenvalue weighted by Crippen LogP contribution is 2.28. The third-order valence-electron chi connectivity index (χ3n) is 3.78. The molecule has 0 bridgehead atoms. The highest BCUT2D eigenvalue weighted by Gasteiger charge is 2.17. The molecular formula is C20H15Cl3N2O4S. The van der Waals surface area contributed by atoms with Crippen LogP contribution in [-0.2, 0) is 14.8 Å². The molecule has 0 saturated carbocycles. The maximum Gasteiger partial charge on any atom is 0.262 e. The SMILES string of the molecule is O=C(COc1ccc(S(=O)(=O)Nc2ccc(Cl)cc2)cc1Cl)Nc1cccc(Cl)c1. The molecule has 3 aromatic rings. The molecule has 0 heterocycles. The first-order valence-corrected chi connectivity index (χ1v) is 11.1. The van der Waals surface area contributed by atoms with Crippen LogP contribution in [0.5, 0.6) is 5.75 Å². The van der Waals surface area contributed by atoms with Gasteiger partial charge in [0.25, 0.3) is 15.9 Å². The molecule has 0 atom stereocenters. The van der Waals surface area contributed by atoms with E-state index in [1.54, 1.807) is 36.4 Å². The lowest BCUT2D eigenvalue weighted by atomic mass is 10.3. The van der Waals surface area contributed by atoms with E-state index in [9.17, 15) is 13.2 Å². The lowest BCUT2D eigenvalue weighted by Gasteiger charge is -2.12. The molecular weight excluding hydrogens is 471 g/mol. The van der Waals surface area contributed by atoms with E-state index >= 15 is 0 Å². The summed E-state index contributed by atoms with van der Waals surface area (Å²) in [6, 6.07) is 16.8. The third-order valence-corrected chi connectivity index (χ3v) is 5.94. The van der Waals surface area contributed by atoms with Gasteiger partial charge in [-0.15, -0.1) is 0 Å². The van der Waals surface area contributed by atoms with Gasteiger partial charge in [-0.25, -0.2) is 8.42 Å². The van der Waals surface area contributed by atoms with Crippen molar-refractivity contribution in [3.8, 4) is 5.75 Å². The molecule has 0 aromatic heterocycles. The quantitative estimate of drug-likeness (QED) is 0.465. The predicted octanol–water partition coefficient (Wildman–Crippen LogP) is 5.47. The Morgan fingerprint density at radius 3 is 2.27 bits per heavy atom. The van der Waals surface area contributed by atoms with Crippen molar-refractivity contribution in [3.63, 3.8) is 0 Å². The van der Waals surface area contributed by atoms with Gasteiger partial charge in [-0.05, 0) is 60.7 Å². The Hall–Kier alpha value is -2.45. The van der Waals surface area contributed by atoms with E-state index < -0.39 is 15.9 Å². The molecule has 2 N–H and O–H groups in total. The summed E-state index contributed by atoms with van der Waals surface area (Å²) in [7, 11) is -3.87. The molecule has 1 amide bonds. The molecule has 0 spiro atoms. The third kappa shape index (κ3) is 6.03. The standard InChI is InChI=1S/C20H15Cl3N2O4S/c21-13-4-6-15(7-5-13)25-30(27,28)17-8-9-19(18(23)11-17)29-12-20(26)24-16-3-1-2-14(22)10-16/h1-11,25H,12H2,(H,24,26). The molecule has 156 valence electrons. The molecule has 6 nitrogen and oxygen atoms in total. The van der Waals surface area contributed by atoms with Gasteiger partial charge in [0.2, 0.25) is 0 Å². The van der Waals surface area contributed by atoms with Gasteiger partial charge in [0.1, 0.15) is 5.75 Å². The topological polar surface area (TPSA) is 84.5 Å². The van der Waals surface area contributed by atoms with Gasteiger partial charge in [0.05, 0.1) is 9.92 Å². The fraction of sp³-hybridized carbons (Fsp3) is 0.0500. The van der Waals surface area contributed by atoms with E-state index in [-0.39, 0.29) is 22.3 Å². The maximum absolute atomic E-state index is 12.5. The molecule has 0 fully saturated rings. The minimum Gasteiger partial charge on any atom is -0.482 e. The number of rotatable bonds is 7. The van der Waals surface area contributed by atoms with Crippen LogP contribution >= 0.6 is 34.8 Å². The molecule has 30 heavy (non-hydrogen) atoms. The lowest BCUT2D eigenvalue weighted by Crippen LogP contribution is -2.20. The summed E-state index contributed by atoms with van der Waals surface area (Å²) in [5.74, 6) is -0.252. The van der Waals surface area contributed by atoms with E-state index in [0.29, 0.717) is 21.4 Å². The molecule has 0 unspecified atom stereocenters. The maximum atomic E-state index is 12.5. The van der Waals surface area contributed by atoms with Crippen molar-refractivity contribution >= 4 is 62.1 Å². The average molecular weight is 486 g/mol. The molecule has 3 rings (SSSR count). The second-order valence-electron chi connectivity index (χ2n) is 6.05. The van der Waals surface area contributed by atoms with Crippen LogP contribution in [0, 0.1) is 0 Å². The monoisotopic (exact) mass is 484 g/mol. The van der Waals surface area contributed by atoms with Gasteiger partial charge in [-0.1, -0.05) is 40.9 Å². The summed E-state index contributed by atoms with van der Waals surface area (Å²) in [6.45, 7) is -0.318. The van der Waals surface area contributed by atoms with E-state index in [2.05, 4.69) is 10.0 Å². The number of anilines is 2. The minimum atomic E-state index is -3.87. The van der Waals surface area contributed by atoms with Gasteiger partial charge < -0.3 is 10.1 Å². The smallest absolute Gasteiger partial charge is 0.262 e. The number of hydrogen-bond acceptors (Lipinski definition) is 4. The number of carbonyl (C=O) groups excluding carboxylic acids is 1. The van der Waals surface area contributed by atoms with Crippen LogP contribution in [0.25, 0.3) is 0 Å². The van der Waals surface area contributed by atoms with Gasteiger partial charge in [0.15, 0.2) is 6.61 Å². The summed E-state index contributed by atoms with van der Waals surface area (Å²) < 4.78 is 32.9. The fourth-order valence-electron chi connectivity index (χ4n) is 2.40. The molecule has 10 heteroatoms. The Labute approximate surface area is 188 Å². The Kier molecular flexibility index (Phi) is 7.10. The van der Waals surface area contributed by atoms with Crippen molar-refractivity contribution < 1.29 is 17.9 Å². The normalized spacial score (nSPS) is 11.0. The molecule has 0 aliphatic carbocycles. The zero-order valence-corrected chi connectivity index (χ0v) is 18.3. The lowest BCUT2D eigenvalue weighted by molar-refractivity contribution is -0.118. The van der Waals surface area contributed by atoms with Gasteiger partial charge in [0, 0.05) is 21.4 Å². The van der Waals surface area contributed by atoms with Crippen molar-refractivity contribution in [3.05, 3.63) is 81.8 Å². The van der Waals surface area contributed by atoms with E-state index in [0.717, 1.165) is 0 Å². The Morgan fingerprint density at radius 2 is 1.60 bits per heavy atom. The van der Waals surface area contributed by atoms with Crippen molar-refractivity contribution in [1.82, 2.24) is 0 Å². The van der Waals surface area contributed by atoms with Gasteiger partial charge in [-0.2, -0.15) is 0 Å². The van der Waals surface area contributed by atoms with Crippen LogP contribution in [-0.4, -0.2) is 20.9 Å². The summed E-state index contributed by atoms with van der Waals surface area (Å²) in [5, 5.41) is 3.65. The Bertz CT molecular complexity index is 1170. The first kappa shape index (κ1) is 22.2. The van der Waals surface area contributed by atoms with Crippen LogP contribution in [0.15, 0.2) is 71.6 Å². The van der Waals surface area contributed by atoms with E-state index in [1.165, 1.54) is 30.3 Å². The molecule has 3 aromatic carbocycles. The number of carbonyl (C=O) groups is 1. The predicted molar refractivity (Wildman–Crippen MR) is 119 cm³/mol. The minimum absolute atomic E-state index is 0.0459. The first-order valence-electron chi connectivity index (χ1n) is 8.49. The zero-order valence-electron chi connectivity index (χ0n) is 15.2. The van der Waals surface area contributed by atoms with Crippen LogP contribution in [0.3, 0.4) is 0 Å². The van der Waals surface area contributed by atoms with Gasteiger partial charge >= 0.3 is 0 Å². The van der Waals surface area contributed by atoms with Crippen LogP contribution < -0.4 is 14.8 Å².